The third-order valence-electron chi connectivity index (χ3n) is 5.19. The molecule has 5 N–H and O–H groups in total. The quantitative estimate of drug-likeness (QED) is 0.396. The second-order valence-electron chi connectivity index (χ2n) is 7.60. The van der Waals surface area contributed by atoms with Gasteiger partial charge in [0.15, 0.2) is 0 Å². The molecule has 1 aromatic heterocycles. The van der Waals surface area contributed by atoms with Gasteiger partial charge in [-0.25, -0.2) is 0 Å². The number of nitrogens with one attached hydrogen (secondary N) is 1. The van der Waals surface area contributed by atoms with Crippen LogP contribution in [0.2, 0.25) is 0 Å². The molecule has 6 heteroatoms. The number of allylic oxidation sites excluding steroid dienone is 2. The normalized spacial score (nSPS) is 16.3. The lowest BCUT2D eigenvalue weighted by molar-refractivity contribution is 0.335. The van der Waals surface area contributed by atoms with Crippen molar-refractivity contribution in [3.63, 3.8) is 0 Å². The zero-order valence-corrected chi connectivity index (χ0v) is 19.9. The van der Waals surface area contributed by atoms with Gasteiger partial charge in [-0.3, -0.25) is 9.58 Å². The number of rotatable bonds is 9. The van der Waals surface area contributed by atoms with Crippen LogP contribution in [0.3, 0.4) is 0 Å². The Balaban J connectivity index is 0.000000270. The van der Waals surface area contributed by atoms with Gasteiger partial charge in [0.25, 0.3) is 0 Å². The van der Waals surface area contributed by atoms with E-state index in [0.717, 1.165) is 17.8 Å². The molecule has 1 aliphatic heterocycles. The number of nitrogens with two attached hydrogens (primary N) is 2. The van der Waals surface area contributed by atoms with Crippen LogP contribution in [0.4, 0.5) is 0 Å². The molecule has 1 aliphatic rings. The zero-order valence-electron chi connectivity index (χ0n) is 19.9. The maximum absolute atomic E-state index is 5.52. The minimum Gasteiger partial charge on any atom is -0.383 e. The van der Waals surface area contributed by atoms with Gasteiger partial charge in [-0.2, -0.15) is 5.10 Å². The summed E-state index contributed by atoms with van der Waals surface area (Å²) in [7, 11) is 2.15. The summed E-state index contributed by atoms with van der Waals surface area (Å²) in [6.07, 6.45) is 13.0. The molecule has 2 aromatic rings. The summed E-state index contributed by atoms with van der Waals surface area (Å²) in [4.78, 5) is 2.35. The van der Waals surface area contributed by atoms with Crippen LogP contribution in [0.25, 0.3) is 0 Å². The maximum atomic E-state index is 5.52. The third kappa shape index (κ3) is 10.8. The lowest BCUT2D eigenvalue weighted by atomic mass is 10.1. The average Bonchev–Trinajstić information content (AvgIpc) is 3.54. The number of likely N-dealkylation sites (N-methyl/N-ethyl adjacent to an activating group) is 1. The molecule has 6 nitrogen and oxygen atoms in total. The molecule has 1 aromatic carbocycles. The first-order chi connectivity index (χ1) is 16.0. The Morgan fingerprint density at radius 1 is 1.24 bits per heavy atom. The molecule has 0 saturated carbocycles. The van der Waals surface area contributed by atoms with Gasteiger partial charge in [0.05, 0.1) is 0 Å². The fourth-order valence-electron chi connectivity index (χ4n) is 3.21. The number of hydrogen-bond donors (Lipinski definition) is 3. The lowest BCUT2D eigenvalue weighted by Gasteiger charge is -2.23. The standard InChI is InChI=1S/C14H22N2.C7H9N.C6H9N3/c1-5-8-13(6-2)11-15-12(3)14-9-7-10-16(14)4;8-6-7-4-2-1-3-5-7;1-2-6(7)9-5-3-4-8-9/h5-6,8,14-15H,1-3,7,9-11H2,4H3;1-5H,6,8H2;2-6H,1,7H2/b13-8+;;. The molecule has 2 atom stereocenters. The highest BCUT2D eigenvalue weighted by atomic mass is 15.3. The Hall–Kier alpha value is -3.19. The molecule has 178 valence electrons. The van der Waals surface area contributed by atoms with Gasteiger partial charge in [-0.15, -0.1) is 0 Å². The third-order valence-corrected chi connectivity index (χ3v) is 5.19. The molecule has 1 saturated heterocycles. The van der Waals surface area contributed by atoms with E-state index >= 15 is 0 Å². The predicted molar refractivity (Wildman–Crippen MR) is 141 cm³/mol. The predicted octanol–water partition coefficient (Wildman–Crippen LogP) is 4.15. The van der Waals surface area contributed by atoms with Crippen LogP contribution >= 0.6 is 0 Å². The van der Waals surface area contributed by atoms with E-state index in [4.69, 9.17) is 11.5 Å². The smallest absolute Gasteiger partial charge is 0.117 e. The van der Waals surface area contributed by atoms with Crippen molar-refractivity contribution in [1.82, 2.24) is 20.0 Å². The summed E-state index contributed by atoms with van der Waals surface area (Å²) < 4.78 is 1.63. The first kappa shape index (κ1) is 27.8. The summed E-state index contributed by atoms with van der Waals surface area (Å²) in [5.74, 6) is 0. The second kappa shape index (κ2) is 16.4. The van der Waals surface area contributed by atoms with Crippen molar-refractivity contribution in [1.29, 1.82) is 0 Å². The van der Waals surface area contributed by atoms with Crippen molar-refractivity contribution in [2.45, 2.75) is 31.6 Å². The van der Waals surface area contributed by atoms with Crippen LogP contribution in [-0.4, -0.2) is 40.9 Å². The van der Waals surface area contributed by atoms with Crippen molar-refractivity contribution in [2.24, 2.45) is 11.5 Å². The monoisotopic (exact) mass is 448 g/mol. The van der Waals surface area contributed by atoms with Gasteiger partial charge in [0, 0.05) is 37.2 Å². The first-order valence-electron chi connectivity index (χ1n) is 11.1. The summed E-state index contributed by atoms with van der Waals surface area (Å²) in [5, 5.41) is 7.27. The zero-order chi connectivity index (χ0) is 24.5. The van der Waals surface area contributed by atoms with Gasteiger partial charge < -0.3 is 16.8 Å². The summed E-state index contributed by atoms with van der Waals surface area (Å²) in [5.41, 5.74) is 14.3. The fourth-order valence-corrected chi connectivity index (χ4v) is 3.21. The first-order valence-corrected chi connectivity index (χ1v) is 11.1. The van der Waals surface area contributed by atoms with Crippen molar-refractivity contribution in [3.8, 4) is 0 Å². The molecule has 0 amide bonds. The van der Waals surface area contributed by atoms with E-state index in [-0.39, 0.29) is 6.17 Å². The topological polar surface area (TPSA) is 85.1 Å². The van der Waals surface area contributed by atoms with E-state index in [1.165, 1.54) is 24.9 Å². The maximum Gasteiger partial charge on any atom is 0.117 e. The minimum absolute atomic E-state index is 0.194. The molecule has 3 rings (SSSR count). The molecular formula is C27H40N6. The van der Waals surface area contributed by atoms with Crippen LogP contribution in [0, 0.1) is 0 Å². The fraction of sp³-hybridized carbons (Fsp3) is 0.296. The van der Waals surface area contributed by atoms with E-state index in [9.17, 15) is 0 Å². The van der Waals surface area contributed by atoms with Gasteiger partial charge in [-0.05, 0) is 43.6 Å². The SMILES string of the molecule is C=C/C=C(\C=C)CNC(=C)C1CCCN1C.C=CC(N)n1cccn1.NCc1ccccc1. The van der Waals surface area contributed by atoms with Gasteiger partial charge in [-0.1, -0.05) is 81.0 Å². The van der Waals surface area contributed by atoms with Crippen LogP contribution < -0.4 is 16.8 Å². The molecule has 0 spiro atoms. The highest BCUT2D eigenvalue weighted by molar-refractivity contribution is 5.24. The second-order valence-corrected chi connectivity index (χ2v) is 7.60. The average molecular weight is 449 g/mol. The summed E-state index contributed by atoms with van der Waals surface area (Å²) >= 11 is 0. The highest BCUT2D eigenvalue weighted by Gasteiger charge is 2.22. The Bertz CT molecular complexity index is 854. The highest BCUT2D eigenvalue weighted by Crippen LogP contribution is 2.19. The number of hydrogen-bond acceptors (Lipinski definition) is 5. The Kier molecular flexibility index (Phi) is 13.9. The molecule has 1 fully saturated rings. The van der Waals surface area contributed by atoms with Crippen molar-refractivity contribution >= 4 is 0 Å². The molecule has 33 heavy (non-hydrogen) atoms. The molecular weight excluding hydrogens is 408 g/mol. The molecule has 2 unspecified atom stereocenters. The van der Waals surface area contributed by atoms with Crippen LogP contribution in [0.5, 0.6) is 0 Å². The Morgan fingerprint density at radius 2 is 1.97 bits per heavy atom. The van der Waals surface area contributed by atoms with E-state index in [2.05, 4.69) is 48.7 Å². The largest absolute Gasteiger partial charge is 0.383 e. The molecule has 0 bridgehead atoms. The number of nitrogens with zero attached hydrogens (tertiary/aromatic N) is 3. The van der Waals surface area contributed by atoms with Gasteiger partial charge >= 0.3 is 0 Å². The van der Waals surface area contributed by atoms with E-state index in [1.54, 1.807) is 29.2 Å². The van der Waals surface area contributed by atoms with Crippen molar-refractivity contribution < 1.29 is 0 Å². The van der Waals surface area contributed by atoms with E-state index in [1.807, 2.05) is 48.6 Å². The molecule has 2 heterocycles. The summed E-state index contributed by atoms with van der Waals surface area (Å²) in [6.45, 7) is 17.7. The van der Waals surface area contributed by atoms with Crippen LogP contribution in [-0.2, 0) is 6.54 Å². The van der Waals surface area contributed by atoms with Crippen molar-refractivity contribution in [2.75, 3.05) is 20.1 Å². The van der Waals surface area contributed by atoms with Crippen LogP contribution in [0.15, 0.2) is 111 Å². The van der Waals surface area contributed by atoms with Gasteiger partial charge in [0.2, 0.25) is 0 Å². The number of aromatic nitrogens is 2. The molecule has 0 aliphatic carbocycles. The van der Waals surface area contributed by atoms with E-state index < -0.39 is 0 Å². The molecule has 0 radical (unpaired) electrons. The number of likely N-dealkylation sites (tertiary alicyclic amines) is 1. The summed E-state index contributed by atoms with van der Waals surface area (Å²) in [6, 6.07) is 12.3. The van der Waals surface area contributed by atoms with Crippen LogP contribution in [0.1, 0.15) is 24.6 Å². The lowest BCUT2D eigenvalue weighted by Crippen LogP contribution is -2.33. The minimum atomic E-state index is -0.194. The Labute approximate surface area is 199 Å². The van der Waals surface area contributed by atoms with E-state index in [0.29, 0.717) is 12.6 Å². The Morgan fingerprint density at radius 3 is 2.42 bits per heavy atom. The van der Waals surface area contributed by atoms with Crippen molar-refractivity contribution in [3.05, 3.63) is 116 Å². The van der Waals surface area contributed by atoms with Gasteiger partial charge in [0.1, 0.15) is 6.17 Å². The number of benzene rings is 1.